The Labute approximate surface area is 81.5 Å². The van der Waals surface area contributed by atoms with Gasteiger partial charge in [-0.25, -0.2) is 0 Å². The van der Waals surface area contributed by atoms with Gasteiger partial charge >= 0.3 is 0 Å². The molecule has 0 aromatic carbocycles. The summed E-state index contributed by atoms with van der Waals surface area (Å²) < 4.78 is 0. The van der Waals surface area contributed by atoms with E-state index in [1.54, 1.807) is 0 Å². The minimum atomic E-state index is 0.946. The average molecular weight is 182 g/mol. The van der Waals surface area contributed by atoms with Crippen LogP contribution in [0.2, 0.25) is 0 Å². The molecule has 2 rings (SSSR count). The highest BCUT2D eigenvalue weighted by Crippen LogP contribution is 2.25. The maximum Gasteiger partial charge on any atom is -0.00195 e. The Balaban J connectivity index is 1.50. The lowest BCUT2D eigenvalue weighted by Crippen LogP contribution is -2.36. The van der Waals surface area contributed by atoms with E-state index in [2.05, 4.69) is 10.6 Å². The summed E-state index contributed by atoms with van der Waals surface area (Å²) in [5, 5.41) is 7.04. The molecular weight excluding hydrogens is 160 g/mol. The highest BCUT2D eigenvalue weighted by Gasteiger charge is 2.18. The zero-order valence-corrected chi connectivity index (χ0v) is 8.52. The smallest absolute Gasteiger partial charge is 0.00195 e. The Morgan fingerprint density at radius 2 is 1.54 bits per heavy atom. The van der Waals surface area contributed by atoms with Gasteiger partial charge in [0.1, 0.15) is 0 Å². The Morgan fingerprint density at radius 3 is 2.08 bits per heavy atom. The molecule has 1 saturated heterocycles. The number of nitrogens with one attached hydrogen (secondary N) is 2. The Morgan fingerprint density at radius 1 is 0.923 bits per heavy atom. The molecule has 0 unspecified atom stereocenters. The summed E-state index contributed by atoms with van der Waals surface area (Å²) in [4.78, 5) is 0. The summed E-state index contributed by atoms with van der Waals surface area (Å²) in [6.45, 7) is 5.01. The summed E-state index contributed by atoms with van der Waals surface area (Å²) in [6.07, 6.45) is 7.16. The summed E-state index contributed by atoms with van der Waals surface area (Å²) in [6, 6.07) is 0. The lowest BCUT2D eigenvalue weighted by Gasteiger charge is -2.28. The molecule has 0 spiro atoms. The van der Waals surface area contributed by atoms with Crippen molar-refractivity contribution in [2.45, 2.75) is 32.1 Å². The molecule has 2 N–H and O–H groups in total. The van der Waals surface area contributed by atoms with Crippen LogP contribution in [0.3, 0.4) is 0 Å². The van der Waals surface area contributed by atoms with Gasteiger partial charge in [-0.15, -0.1) is 0 Å². The minimum absolute atomic E-state index is 0.946. The summed E-state index contributed by atoms with van der Waals surface area (Å²) >= 11 is 0. The van der Waals surface area contributed by atoms with Gasteiger partial charge in [-0.1, -0.05) is 6.42 Å². The standard InChI is InChI=1S/C11H22N2/c1-2-10(3-1)8-13-9-11-4-6-12-7-5-11/h10-13H,1-9H2. The first-order valence-electron chi connectivity index (χ1n) is 5.86. The van der Waals surface area contributed by atoms with E-state index in [0.717, 1.165) is 11.8 Å². The second kappa shape index (κ2) is 4.97. The van der Waals surface area contributed by atoms with E-state index in [0.29, 0.717) is 0 Å². The monoisotopic (exact) mass is 182 g/mol. The zero-order chi connectivity index (χ0) is 8.93. The molecule has 2 heteroatoms. The molecule has 1 aliphatic carbocycles. The highest BCUT2D eigenvalue weighted by molar-refractivity contribution is 4.74. The van der Waals surface area contributed by atoms with Crippen LogP contribution in [0, 0.1) is 11.8 Å². The first kappa shape index (κ1) is 9.47. The van der Waals surface area contributed by atoms with Crippen LogP contribution >= 0.6 is 0 Å². The molecule has 2 fully saturated rings. The third-order valence-corrected chi connectivity index (χ3v) is 3.55. The topological polar surface area (TPSA) is 24.1 Å². The molecule has 0 bridgehead atoms. The van der Waals surface area contributed by atoms with Crippen molar-refractivity contribution >= 4 is 0 Å². The van der Waals surface area contributed by atoms with Crippen LogP contribution < -0.4 is 10.6 Å². The van der Waals surface area contributed by atoms with Gasteiger partial charge in [0.2, 0.25) is 0 Å². The van der Waals surface area contributed by atoms with E-state index in [-0.39, 0.29) is 0 Å². The van der Waals surface area contributed by atoms with Crippen molar-refractivity contribution in [3.8, 4) is 0 Å². The fourth-order valence-electron chi connectivity index (χ4n) is 2.27. The Kier molecular flexibility index (Phi) is 3.62. The van der Waals surface area contributed by atoms with Gasteiger partial charge in [0, 0.05) is 0 Å². The van der Waals surface area contributed by atoms with Crippen molar-refractivity contribution in [1.29, 1.82) is 0 Å². The predicted octanol–water partition coefficient (Wildman–Crippen LogP) is 1.38. The van der Waals surface area contributed by atoms with Crippen molar-refractivity contribution in [2.24, 2.45) is 11.8 Å². The van der Waals surface area contributed by atoms with Crippen LogP contribution in [0.1, 0.15) is 32.1 Å². The second-order valence-corrected chi connectivity index (χ2v) is 4.65. The van der Waals surface area contributed by atoms with Gasteiger partial charge in [-0.05, 0) is 63.7 Å². The second-order valence-electron chi connectivity index (χ2n) is 4.65. The molecule has 2 nitrogen and oxygen atoms in total. The van der Waals surface area contributed by atoms with E-state index in [4.69, 9.17) is 0 Å². The van der Waals surface area contributed by atoms with Gasteiger partial charge in [-0.2, -0.15) is 0 Å². The van der Waals surface area contributed by atoms with Crippen molar-refractivity contribution in [3.05, 3.63) is 0 Å². The summed E-state index contributed by atoms with van der Waals surface area (Å²) in [5.41, 5.74) is 0. The fourth-order valence-corrected chi connectivity index (χ4v) is 2.27. The molecule has 76 valence electrons. The zero-order valence-electron chi connectivity index (χ0n) is 8.52. The number of hydrogen-bond donors (Lipinski definition) is 2. The lowest BCUT2D eigenvalue weighted by atomic mass is 9.85. The van der Waals surface area contributed by atoms with Crippen LogP contribution in [0.15, 0.2) is 0 Å². The Bertz CT molecular complexity index is 137. The highest BCUT2D eigenvalue weighted by atomic mass is 14.9. The maximum absolute atomic E-state index is 3.63. The van der Waals surface area contributed by atoms with Crippen LogP contribution in [-0.4, -0.2) is 26.2 Å². The number of hydrogen-bond acceptors (Lipinski definition) is 2. The van der Waals surface area contributed by atoms with E-state index < -0.39 is 0 Å². The molecule has 0 radical (unpaired) electrons. The van der Waals surface area contributed by atoms with Crippen LogP contribution in [0.5, 0.6) is 0 Å². The van der Waals surface area contributed by atoms with E-state index in [9.17, 15) is 0 Å². The third kappa shape index (κ3) is 2.96. The van der Waals surface area contributed by atoms with Gasteiger partial charge in [0.25, 0.3) is 0 Å². The van der Waals surface area contributed by atoms with Crippen molar-refractivity contribution in [3.63, 3.8) is 0 Å². The minimum Gasteiger partial charge on any atom is -0.317 e. The fraction of sp³-hybridized carbons (Fsp3) is 1.00. The van der Waals surface area contributed by atoms with Crippen LogP contribution in [0.25, 0.3) is 0 Å². The van der Waals surface area contributed by atoms with Crippen molar-refractivity contribution in [1.82, 2.24) is 10.6 Å². The molecule has 0 aromatic rings. The molecule has 13 heavy (non-hydrogen) atoms. The molecule has 2 aliphatic rings. The third-order valence-electron chi connectivity index (χ3n) is 3.55. The quantitative estimate of drug-likeness (QED) is 0.686. The SMILES string of the molecule is C1CC(CNCC2CCNCC2)C1. The van der Waals surface area contributed by atoms with Gasteiger partial charge < -0.3 is 10.6 Å². The molecule has 1 heterocycles. The van der Waals surface area contributed by atoms with Crippen LogP contribution in [0.4, 0.5) is 0 Å². The molecular formula is C11H22N2. The first-order valence-corrected chi connectivity index (χ1v) is 5.86. The average Bonchev–Trinajstić information content (AvgIpc) is 2.11. The van der Waals surface area contributed by atoms with Crippen molar-refractivity contribution < 1.29 is 0 Å². The summed E-state index contributed by atoms with van der Waals surface area (Å²) in [7, 11) is 0. The largest absolute Gasteiger partial charge is 0.317 e. The summed E-state index contributed by atoms with van der Waals surface area (Å²) in [5.74, 6) is 1.96. The molecule has 1 aliphatic heterocycles. The van der Waals surface area contributed by atoms with Gasteiger partial charge in [-0.3, -0.25) is 0 Å². The van der Waals surface area contributed by atoms with Crippen molar-refractivity contribution in [2.75, 3.05) is 26.2 Å². The van der Waals surface area contributed by atoms with Gasteiger partial charge in [0.05, 0.1) is 0 Å². The Hall–Kier alpha value is -0.0800. The molecule has 0 aromatic heterocycles. The maximum atomic E-state index is 3.63. The number of piperidine rings is 1. The van der Waals surface area contributed by atoms with Gasteiger partial charge in [0.15, 0.2) is 0 Å². The predicted molar refractivity (Wildman–Crippen MR) is 55.8 cm³/mol. The molecule has 0 atom stereocenters. The first-order chi connectivity index (χ1) is 6.45. The van der Waals surface area contributed by atoms with E-state index in [1.807, 2.05) is 0 Å². The molecule has 0 amide bonds. The normalized spacial score (nSPS) is 25.8. The van der Waals surface area contributed by atoms with E-state index >= 15 is 0 Å². The number of rotatable bonds is 4. The lowest BCUT2D eigenvalue weighted by molar-refractivity contribution is 0.282. The molecule has 1 saturated carbocycles. The van der Waals surface area contributed by atoms with E-state index in [1.165, 1.54) is 58.3 Å². The van der Waals surface area contributed by atoms with Crippen LogP contribution in [-0.2, 0) is 0 Å².